The van der Waals surface area contributed by atoms with Crippen LogP contribution in [0.3, 0.4) is 0 Å². The molecule has 3 atom stereocenters. The van der Waals surface area contributed by atoms with Gasteiger partial charge in [0.1, 0.15) is 6.10 Å². The van der Waals surface area contributed by atoms with E-state index in [1.807, 2.05) is 0 Å². The highest BCUT2D eigenvalue weighted by atomic mass is 28.4. The molecule has 0 aromatic rings. The molecule has 1 heterocycles. The topological polar surface area (TPSA) is 58.7 Å². The lowest BCUT2D eigenvalue weighted by Crippen LogP contribution is -2.38. The van der Waals surface area contributed by atoms with Gasteiger partial charge < -0.3 is 27.2 Å². The molecule has 1 saturated heterocycles. The molecular weight excluding hydrogens is 368 g/mol. The van der Waals surface area contributed by atoms with E-state index >= 15 is 0 Å². The Morgan fingerprint density at radius 1 is 0.846 bits per heavy atom. The molecule has 0 bridgehead atoms. The van der Waals surface area contributed by atoms with Gasteiger partial charge in [-0.2, -0.15) is 0 Å². The summed E-state index contributed by atoms with van der Waals surface area (Å²) in [6.45, 7) is 10.3. The van der Waals surface area contributed by atoms with Crippen LogP contribution in [0, 0.1) is 0 Å². The molecule has 0 N–H and O–H groups in total. The van der Waals surface area contributed by atoms with Crippen molar-refractivity contribution in [3.63, 3.8) is 0 Å². The zero-order valence-electron chi connectivity index (χ0n) is 17.5. The standard InChI is InChI=1S/C18H40O6Si2/c1-6-7-14-25(4,19-2)23-12-8-9-13-24-26(5,20-3)15-10-11-21-16-18-17-22-18/h18H,6-17H2,1-5H3. The van der Waals surface area contributed by atoms with Crippen LogP contribution in [0.4, 0.5) is 0 Å². The van der Waals surface area contributed by atoms with Gasteiger partial charge in [0.2, 0.25) is 0 Å². The number of hydrogen-bond donors (Lipinski definition) is 0. The lowest BCUT2D eigenvalue weighted by Gasteiger charge is -2.26. The maximum atomic E-state index is 6.10. The van der Waals surface area contributed by atoms with E-state index in [4.69, 9.17) is 27.2 Å². The smallest absolute Gasteiger partial charge is 0.334 e. The minimum atomic E-state index is -2.07. The first kappa shape index (κ1) is 24.2. The van der Waals surface area contributed by atoms with Gasteiger partial charge in [0.15, 0.2) is 0 Å². The van der Waals surface area contributed by atoms with Crippen LogP contribution in [-0.4, -0.2) is 70.5 Å². The lowest BCUT2D eigenvalue weighted by molar-refractivity contribution is 0.113. The Bertz CT molecular complexity index is 359. The molecule has 1 rings (SSSR count). The van der Waals surface area contributed by atoms with Crippen molar-refractivity contribution in [2.24, 2.45) is 0 Å². The molecule has 26 heavy (non-hydrogen) atoms. The molecule has 0 aromatic heterocycles. The molecule has 1 aliphatic rings. The molecule has 8 heteroatoms. The zero-order valence-corrected chi connectivity index (χ0v) is 19.5. The molecular formula is C18H40O6Si2. The maximum Gasteiger partial charge on any atom is 0.334 e. The second kappa shape index (κ2) is 13.4. The Hall–Kier alpha value is 0.194. The Labute approximate surface area is 162 Å². The van der Waals surface area contributed by atoms with E-state index in [1.54, 1.807) is 14.2 Å². The van der Waals surface area contributed by atoms with Crippen LogP contribution in [-0.2, 0) is 27.2 Å². The molecule has 6 nitrogen and oxygen atoms in total. The molecule has 156 valence electrons. The van der Waals surface area contributed by atoms with Gasteiger partial charge in [-0.15, -0.1) is 0 Å². The largest absolute Gasteiger partial charge is 0.398 e. The second-order valence-electron chi connectivity index (χ2n) is 7.32. The fourth-order valence-corrected chi connectivity index (χ4v) is 6.49. The quantitative estimate of drug-likeness (QED) is 0.195. The Kier molecular flexibility index (Phi) is 12.5. The molecule has 0 saturated carbocycles. The number of epoxide rings is 1. The summed E-state index contributed by atoms with van der Waals surface area (Å²) in [5, 5.41) is 0. The van der Waals surface area contributed by atoms with Crippen molar-refractivity contribution in [3.05, 3.63) is 0 Å². The van der Waals surface area contributed by atoms with Crippen LogP contribution in [0.2, 0.25) is 25.2 Å². The summed E-state index contributed by atoms with van der Waals surface area (Å²) in [6, 6.07) is 2.03. The normalized spacial score (nSPS) is 21.3. The van der Waals surface area contributed by atoms with Crippen molar-refractivity contribution in [2.75, 3.05) is 47.3 Å². The van der Waals surface area contributed by atoms with E-state index in [0.29, 0.717) is 12.7 Å². The molecule has 0 aliphatic carbocycles. The summed E-state index contributed by atoms with van der Waals surface area (Å²) in [4.78, 5) is 0. The fourth-order valence-electron chi connectivity index (χ4n) is 2.62. The first-order valence-electron chi connectivity index (χ1n) is 10.0. The lowest BCUT2D eigenvalue weighted by atomic mass is 10.3. The van der Waals surface area contributed by atoms with Crippen LogP contribution in [0.1, 0.15) is 39.0 Å². The van der Waals surface area contributed by atoms with Crippen molar-refractivity contribution in [1.82, 2.24) is 0 Å². The minimum absolute atomic E-state index is 0.338. The third-order valence-electron chi connectivity index (χ3n) is 4.83. The summed E-state index contributed by atoms with van der Waals surface area (Å²) in [5.41, 5.74) is 0. The van der Waals surface area contributed by atoms with Gasteiger partial charge in [0, 0.05) is 34.0 Å². The van der Waals surface area contributed by atoms with Crippen LogP contribution in [0.15, 0.2) is 0 Å². The molecule has 0 aromatic carbocycles. The second-order valence-corrected chi connectivity index (χ2v) is 14.2. The Morgan fingerprint density at radius 2 is 1.38 bits per heavy atom. The van der Waals surface area contributed by atoms with Gasteiger partial charge in [-0.05, 0) is 44.4 Å². The van der Waals surface area contributed by atoms with E-state index in [-0.39, 0.29) is 0 Å². The highest BCUT2D eigenvalue weighted by Crippen LogP contribution is 2.18. The average molecular weight is 409 g/mol. The number of rotatable bonds is 18. The predicted octanol–water partition coefficient (Wildman–Crippen LogP) is 3.84. The van der Waals surface area contributed by atoms with Gasteiger partial charge in [0.05, 0.1) is 13.2 Å². The molecule has 3 unspecified atom stereocenters. The van der Waals surface area contributed by atoms with Gasteiger partial charge in [-0.1, -0.05) is 19.8 Å². The van der Waals surface area contributed by atoms with E-state index < -0.39 is 17.1 Å². The highest BCUT2D eigenvalue weighted by molar-refractivity contribution is 6.66. The summed E-state index contributed by atoms with van der Waals surface area (Å²) in [6.07, 6.45) is 5.66. The average Bonchev–Trinajstić information content (AvgIpc) is 3.47. The predicted molar refractivity (Wildman–Crippen MR) is 108 cm³/mol. The van der Waals surface area contributed by atoms with Crippen LogP contribution in [0.25, 0.3) is 0 Å². The number of hydrogen-bond acceptors (Lipinski definition) is 6. The monoisotopic (exact) mass is 408 g/mol. The van der Waals surface area contributed by atoms with Gasteiger partial charge in [-0.3, -0.25) is 0 Å². The third-order valence-corrected chi connectivity index (χ3v) is 10.7. The zero-order chi connectivity index (χ0) is 19.3. The fraction of sp³-hybridized carbons (Fsp3) is 1.00. The SMILES string of the molecule is CCCC[Si](C)(OC)OCCCCO[Si](C)(CCCOCC1CO1)OC. The van der Waals surface area contributed by atoms with E-state index in [0.717, 1.165) is 57.8 Å². The van der Waals surface area contributed by atoms with E-state index in [9.17, 15) is 0 Å². The molecule has 0 spiro atoms. The maximum absolute atomic E-state index is 6.10. The highest BCUT2D eigenvalue weighted by Gasteiger charge is 2.30. The summed E-state index contributed by atoms with van der Waals surface area (Å²) in [5.74, 6) is 0. The first-order valence-corrected chi connectivity index (χ1v) is 15.1. The van der Waals surface area contributed by atoms with Crippen molar-refractivity contribution in [1.29, 1.82) is 0 Å². The van der Waals surface area contributed by atoms with Gasteiger partial charge in [-0.25, -0.2) is 0 Å². The molecule has 1 fully saturated rings. The van der Waals surface area contributed by atoms with Crippen molar-refractivity contribution >= 4 is 17.1 Å². The Morgan fingerprint density at radius 3 is 1.85 bits per heavy atom. The Balaban J connectivity index is 2.06. The van der Waals surface area contributed by atoms with Crippen molar-refractivity contribution in [3.8, 4) is 0 Å². The van der Waals surface area contributed by atoms with Crippen LogP contribution < -0.4 is 0 Å². The third kappa shape index (κ3) is 11.1. The van der Waals surface area contributed by atoms with Crippen LogP contribution in [0.5, 0.6) is 0 Å². The van der Waals surface area contributed by atoms with Crippen molar-refractivity contribution < 1.29 is 27.2 Å². The van der Waals surface area contributed by atoms with Crippen molar-refractivity contribution in [2.45, 2.75) is 70.3 Å². The van der Waals surface area contributed by atoms with Gasteiger partial charge in [0.25, 0.3) is 0 Å². The number of ether oxygens (including phenoxy) is 2. The number of unbranched alkanes of at least 4 members (excludes halogenated alkanes) is 2. The van der Waals surface area contributed by atoms with E-state index in [1.165, 1.54) is 12.8 Å². The minimum Gasteiger partial charge on any atom is -0.398 e. The van der Waals surface area contributed by atoms with E-state index in [2.05, 4.69) is 20.0 Å². The first-order chi connectivity index (χ1) is 12.5. The molecule has 0 amide bonds. The molecule has 1 aliphatic heterocycles. The molecule has 0 radical (unpaired) electrons. The van der Waals surface area contributed by atoms with Crippen LogP contribution >= 0.6 is 0 Å². The summed E-state index contributed by atoms with van der Waals surface area (Å²) < 4.78 is 34.2. The summed E-state index contributed by atoms with van der Waals surface area (Å²) >= 11 is 0. The summed E-state index contributed by atoms with van der Waals surface area (Å²) in [7, 11) is -0.490. The van der Waals surface area contributed by atoms with Gasteiger partial charge >= 0.3 is 17.1 Å².